The fraction of sp³-hybridized carbons (Fsp3) is 0.692. The molecule has 1 aromatic rings. The number of nitrogens with zero attached hydrogens (tertiary/aromatic N) is 2. The molecule has 0 saturated carbocycles. The van der Waals surface area contributed by atoms with E-state index in [-0.39, 0.29) is 0 Å². The normalized spacial score (nSPS) is 10.6. The standard InChI is InChI=1S/C13H25N5OS/c1-19-10-13-16-11(9-12(17-13)18-14)15-7-5-3-4-6-8-20-2/h9H,3-8,10,14H2,1-2H3,(H2,15,16,17,18). The van der Waals surface area contributed by atoms with Crippen LogP contribution in [0.1, 0.15) is 31.5 Å². The summed E-state index contributed by atoms with van der Waals surface area (Å²) in [6.07, 6.45) is 7.12. The molecular formula is C13H25N5OS. The highest BCUT2D eigenvalue weighted by Crippen LogP contribution is 2.11. The third-order valence-corrected chi connectivity index (χ3v) is 3.47. The van der Waals surface area contributed by atoms with Crippen LogP contribution in [0.3, 0.4) is 0 Å². The first-order valence-corrected chi connectivity index (χ1v) is 8.26. The van der Waals surface area contributed by atoms with E-state index >= 15 is 0 Å². The number of hydrogen-bond acceptors (Lipinski definition) is 7. The largest absolute Gasteiger partial charge is 0.377 e. The highest BCUT2D eigenvalue weighted by atomic mass is 32.2. The maximum Gasteiger partial charge on any atom is 0.158 e. The van der Waals surface area contributed by atoms with Gasteiger partial charge in [0.25, 0.3) is 0 Å². The zero-order chi connectivity index (χ0) is 14.6. The van der Waals surface area contributed by atoms with Gasteiger partial charge in [0.1, 0.15) is 18.2 Å². The lowest BCUT2D eigenvalue weighted by atomic mass is 10.2. The first-order chi connectivity index (χ1) is 9.80. The molecule has 0 aliphatic heterocycles. The van der Waals surface area contributed by atoms with Crippen LogP contribution < -0.4 is 16.6 Å². The topological polar surface area (TPSA) is 85.1 Å². The van der Waals surface area contributed by atoms with Crippen molar-refractivity contribution in [2.45, 2.75) is 32.3 Å². The molecule has 0 unspecified atom stereocenters. The molecule has 4 N–H and O–H groups in total. The van der Waals surface area contributed by atoms with Crippen LogP contribution in [0.4, 0.5) is 11.6 Å². The Hall–Kier alpha value is -1.05. The van der Waals surface area contributed by atoms with Gasteiger partial charge in [0.15, 0.2) is 5.82 Å². The van der Waals surface area contributed by atoms with Crippen molar-refractivity contribution in [2.24, 2.45) is 5.84 Å². The minimum Gasteiger partial charge on any atom is -0.377 e. The zero-order valence-electron chi connectivity index (χ0n) is 12.3. The maximum atomic E-state index is 5.40. The number of rotatable bonds is 11. The molecule has 0 aliphatic rings. The average molecular weight is 299 g/mol. The van der Waals surface area contributed by atoms with Gasteiger partial charge < -0.3 is 15.5 Å². The van der Waals surface area contributed by atoms with Crippen LogP contribution in [0, 0.1) is 0 Å². The quantitative estimate of drug-likeness (QED) is 0.328. The molecule has 0 spiro atoms. The van der Waals surface area contributed by atoms with Gasteiger partial charge in [-0.3, -0.25) is 0 Å². The van der Waals surface area contributed by atoms with Gasteiger partial charge in [0.05, 0.1) is 0 Å². The molecule has 0 saturated heterocycles. The van der Waals surface area contributed by atoms with Crippen molar-refractivity contribution in [3.63, 3.8) is 0 Å². The molecule has 1 heterocycles. The monoisotopic (exact) mass is 299 g/mol. The third kappa shape index (κ3) is 6.93. The van der Waals surface area contributed by atoms with Crippen molar-refractivity contribution in [1.29, 1.82) is 0 Å². The fourth-order valence-corrected chi connectivity index (χ4v) is 2.29. The van der Waals surface area contributed by atoms with Crippen LogP contribution in [-0.2, 0) is 11.3 Å². The van der Waals surface area contributed by atoms with E-state index in [2.05, 4.69) is 27.0 Å². The summed E-state index contributed by atoms with van der Waals surface area (Å²) in [7, 11) is 1.62. The highest BCUT2D eigenvalue weighted by molar-refractivity contribution is 7.98. The van der Waals surface area contributed by atoms with E-state index in [0.717, 1.165) is 18.8 Å². The second-order valence-electron chi connectivity index (χ2n) is 4.47. The van der Waals surface area contributed by atoms with Crippen molar-refractivity contribution in [2.75, 3.05) is 36.4 Å². The highest BCUT2D eigenvalue weighted by Gasteiger charge is 2.03. The van der Waals surface area contributed by atoms with Crippen LogP contribution in [0.15, 0.2) is 6.07 Å². The number of nitrogen functional groups attached to an aromatic ring is 1. The van der Waals surface area contributed by atoms with Crippen molar-refractivity contribution < 1.29 is 4.74 Å². The number of methoxy groups -OCH3 is 1. The zero-order valence-corrected chi connectivity index (χ0v) is 13.1. The average Bonchev–Trinajstić information content (AvgIpc) is 2.46. The molecule has 0 aliphatic carbocycles. The van der Waals surface area contributed by atoms with Crippen molar-refractivity contribution >= 4 is 23.4 Å². The summed E-state index contributed by atoms with van der Waals surface area (Å²) in [4.78, 5) is 8.58. The Kier molecular flexibility index (Phi) is 9.10. The Bertz CT molecular complexity index is 378. The minimum absolute atomic E-state index is 0.374. The van der Waals surface area contributed by atoms with E-state index in [9.17, 15) is 0 Å². The number of hydrogen-bond donors (Lipinski definition) is 3. The Morgan fingerprint density at radius 2 is 1.95 bits per heavy atom. The van der Waals surface area contributed by atoms with E-state index in [4.69, 9.17) is 10.6 Å². The van der Waals surface area contributed by atoms with Crippen LogP contribution >= 0.6 is 11.8 Å². The van der Waals surface area contributed by atoms with Crippen LogP contribution in [0.25, 0.3) is 0 Å². The van der Waals surface area contributed by atoms with Gasteiger partial charge in [-0.2, -0.15) is 11.8 Å². The summed E-state index contributed by atoms with van der Waals surface area (Å²) in [5.74, 6) is 8.64. The van der Waals surface area contributed by atoms with E-state index < -0.39 is 0 Å². The summed E-state index contributed by atoms with van der Waals surface area (Å²) >= 11 is 1.91. The van der Waals surface area contributed by atoms with Gasteiger partial charge in [-0.1, -0.05) is 12.8 Å². The van der Waals surface area contributed by atoms with Gasteiger partial charge in [-0.15, -0.1) is 0 Å². The van der Waals surface area contributed by atoms with Crippen LogP contribution in [-0.4, -0.2) is 35.6 Å². The van der Waals surface area contributed by atoms with Crippen molar-refractivity contribution in [3.05, 3.63) is 11.9 Å². The Morgan fingerprint density at radius 3 is 2.65 bits per heavy atom. The summed E-state index contributed by atoms with van der Waals surface area (Å²) in [6.45, 7) is 1.28. The van der Waals surface area contributed by atoms with Gasteiger partial charge in [-0.25, -0.2) is 15.8 Å². The van der Waals surface area contributed by atoms with Crippen LogP contribution in [0.5, 0.6) is 0 Å². The van der Waals surface area contributed by atoms with Gasteiger partial charge >= 0.3 is 0 Å². The molecule has 114 valence electrons. The first kappa shape index (κ1) is 17.0. The lowest BCUT2D eigenvalue weighted by Gasteiger charge is -2.09. The van der Waals surface area contributed by atoms with E-state index in [1.165, 1.54) is 25.0 Å². The number of anilines is 2. The predicted octanol–water partition coefficient (Wildman–Crippen LogP) is 2.24. The van der Waals surface area contributed by atoms with Gasteiger partial charge in [0, 0.05) is 19.7 Å². The lowest BCUT2D eigenvalue weighted by Crippen LogP contribution is -2.13. The van der Waals surface area contributed by atoms with Crippen molar-refractivity contribution in [3.8, 4) is 0 Å². The summed E-state index contributed by atoms with van der Waals surface area (Å²) < 4.78 is 5.04. The summed E-state index contributed by atoms with van der Waals surface area (Å²) in [5, 5.41) is 3.30. The second kappa shape index (κ2) is 10.7. The molecule has 0 radical (unpaired) electrons. The summed E-state index contributed by atoms with van der Waals surface area (Å²) in [5.41, 5.74) is 2.54. The van der Waals surface area contributed by atoms with Crippen molar-refractivity contribution in [1.82, 2.24) is 9.97 Å². The number of aromatic nitrogens is 2. The van der Waals surface area contributed by atoms with E-state index in [0.29, 0.717) is 18.2 Å². The molecule has 20 heavy (non-hydrogen) atoms. The molecule has 0 aromatic carbocycles. The number of thioether (sulfide) groups is 1. The molecule has 7 heteroatoms. The molecule has 6 nitrogen and oxygen atoms in total. The SMILES string of the molecule is COCc1nc(NN)cc(NCCCCCCSC)n1. The Morgan fingerprint density at radius 1 is 1.20 bits per heavy atom. The fourth-order valence-electron chi connectivity index (χ4n) is 1.80. The molecular weight excluding hydrogens is 274 g/mol. The van der Waals surface area contributed by atoms with Crippen LogP contribution in [0.2, 0.25) is 0 Å². The molecule has 0 bridgehead atoms. The first-order valence-electron chi connectivity index (χ1n) is 6.86. The molecule has 0 atom stereocenters. The lowest BCUT2D eigenvalue weighted by molar-refractivity contribution is 0.178. The number of ether oxygens (including phenoxy) is 1. The molecule has 0 fully saturated rings. The summed E-state index contributed by atoms with van der Waals surface area (Å²) in [6, 6.07) is 1.80. The number of hydrazine groups is 1. The number of unbranched alkanes of at least 4 members (excludes halogenated alkanes) is 3. The number of nitrogens with one attached hydrogen (secondary N) is 2. The minimum atomic E-state index is 0.374. The number of nitrogens with two attached hydrogens (primary N) is 1. The second-order valence-corrected chi connectivity index (χ2v) is 5.45. The smallest absolute Gasteiger partial charge is 0.158 e. The van der Waals surface area contributed by atoms with Gasteiger partial charge in [-0.05, 0) is 24.9 Å². The van der Waals surface area contributed by atoms with E-state index in [1.54, 1.807) is 13.2 Å². The maximum absolute atomic E-state index is 5.40. The molecule has 1 rings (SSSR count). The Labute approximate surface area is 125 Å². The third-order valence-electron chi connectivity index (χ3n) is 2.78. The Balaban J connectivity index is 2.33. The molecule has 0 amide bonds. The molecule has 1 aromatic heterocycles. The van der Waals surface area contributed by atoms with E-state index in [1.807, 2.05) is 11.8 Å². The van der Waals surface area contributed by atoms with Gasteiger partial charge in [0.2, 0.25) is 0 Å². The predicted molar refractivity (Wildman–Crippen MR) is 85.9 cm³/mol.